The number of hydrogen-bond donors (Lipinski definition) is 0. The van der Waals surface area contributed by atoms with Crippen molar-refractivity contribution in [1.82, 2.24) is 0 Å². The molecule has 0 amide bonds. The van der Waals surface area contributed by atoms with Gasteiger partial charge in [-0.1, -0.05) is 12.3 Å². The van der Waals surface area contributed by atoms with E-state index in [4.69, 9.17) is 0 Å². The molecular weight excluding hydrogens is 179 g/mol. The van der Waals surface area contributed by atoms with Crippen molar-refractivity contribution in [3.8, 4) is 0 Å². The Bertz CT molecular complexity index is 229. The van der Waals surface area contributed by atoms with E-state index in [1.165, 1.54) is 5.73 Å². The van der Waals surface area contributed by atoms with Crippen molar-refractivity contribution in [3.63, 3.8) is 0 Å². The van der Waals surface area contributed by atoms with Gasteiger partial charge in [-0.3, -0.25) is 0 Å². The second-order valence-corrected chi connectivity index (χ2v) is 1.88. The highest BCUT2D eigenvalue weighted by molar-refractivity contribution is 5.02. The first-order chi connectivity index (χ1) is 5.34. The lowest BCUT2D eigenvalue weighted by atomic mass is 10.4. The Hall–Kier alpha value is -1.09. The molecule has 0 heterocycles. The molecule has 0 saturated carbocycles. The van der Waals surface area contributed by atoms with E-state index in [0.29, 0.717) is 6.08 Å². The summed E-state index contributed by atoms with van der Waals surface area (Å²) in [4.78, 5) is 0. The fourth-order valence-corrected chi connectivity index (χ4v) is 0.333. The molecule has 0 saturated heterocycles. The molecule has 0 atom stereocenters. The van der Waals surface area contributed by atoms with Crippen LogP contribution in [0.25, 0.3) is 0 Å². The molecule has 0 aliphatic carbocycles. The molecule has 0 spiro atoms. The third-order valence-corrected chi connectivity index (χ3v) is 0.801. The Kier molecular flexibility index (Phi) is 3.70. The van der Waals surface area contributed by atoms with Gasteiger partial charge in [0.1, 0.15) is 0 Å². The third-order valence-electron chi connectivity index (χ3n) is 0.801. The molecule has 0 rings (SSSR count). The summed E-state index contributed by atoms with van der Waals surface area (Å²) in [5, 5.41) is 0. The molecule has 0 nitrogen and oxygen atoms in total. The van der Waals surface area contributed by atoms with Gasteiger partial charge in [-0.25, -0.2) is 4.39 Å². The highest BCUT2D eigenvalue weighted by atomic mass is 19.4. The first kappa shape index (κ1) is 10.9. The van der Waals surface area contributed by atoms with Crippen molar-refractivity contribution in [3.05, 3.63) is 30.0 Å². The van der Waals surface area contributed by atoms with Gasteiger partial charge in [0.15, 0.2) is 0 Å². The number of alkyl halides is 3. The normalized spacial score (nSPS) is 10.4. The number of allylic oxidation sites excluding steroid dienone is 2. The zero-order valence-corrected chi connectivity index (χ0v) is 5.88. The Morgan fingerprint density at radius 3 is 2.17 bits per heavy atom. The van der Waals surface area contributed by atoms with Gasteiger partial charge in [0.2, 0.25) is 5.83 Å². The lowest BCUT2D eigenvalue weighted by Gasteiger charge is -1.97. The topological polar surface area (TPSA) is 0 Å². The summed E-state index contributed by atoms with van der Waals surface area (Å²) in [5.74, 6) is -3.22. The first-order valence-corrected chi connectivity index (χ1v) is 2.85. The minimum Gasteiger partial charge on any atom is -0.212 e. The molecule has 0 bridgehead atoms. The van der Waals surface area contributed by atoms with Crippen LogP contribution < -0.4 is 0 Å². The maximum atomic E-state index is 11.9. The smallest absolute Gasteiger partial charge is 0.212 e. The van der Waals surface area contributed by atoms with Gasteiger partial charge >= 0.3 is 6.18 Å². The Morgan fingerprint density at radius 2 is 1.83 bits per heavy atom. The molecule has 68 valence electrons. The Morgan fingerprint density at radius 1 is 1.33 bits per heavy atom. The van der Waals surface area contributed by atoms with Crippen molar-refractivity contribution in [2.75, 3.05) is 0 Å². The summed E-state index contributed by atoms with van der Waals surface area (Å²) < 4.78 is 57.7. The number of halogens is 5. The summed E-state index contributed by atoms with van der Waals surface area (Å²) in [7, 11) is 0. The predicted molar refractivity (Wildman–Crippen MR) is 33.6 cm³/mol. The van der Waals surface area contributed by atoms with Crippen LogP contribution in [0.4, 0.5) is 22.0 Å². The largest absolute Gasteiger partial charge is 0.450 e. The average Bonchev–Trinajstić information content (AvgIpc) is 1.84. The highest BCUT2D eigenvalue weighted by Crippen LogP contribution is 2.25. The zero-order chi connectivity index (χ0) is 9.78. The van der Waals surface area contributed by atoms with Crippen LogP contribution in [0.5, 0.6) is 0 Å². The monoisotopic (exact) mass is 184 g/mol. The molecule has 0 aliphatic rings. The quantitative estimate of drug-likeness (QED) is 0.455. The van der Waals surface area contributed by atoms with E-state index >= 15 is 0 Å². The molecule has 0 aromatic rings. The molecule has 0 aromatic carbocycles. The summed E-state index contributed by atoms with van der Waals surface area (Å²) in [6.45, 7) is 2.76. The number of rotatable bonds is 2. The molecule has 0 fully saturated rings. The standard InChI is InChI=1S/C7H5F5/c1-5(8)3-2-4-6(9)7(10,11)12/h2H,1,3H2. The molecule has 0 aromatic heterocycles. The summed E-state index contributed by atoms with van der Waals surface area (Å²) in [6, 6.07) is 0. The fourth-order valence-electron chi connectivity index (χ4n) is 0.333. The molecule has 12 heavy (non-hydrogen) atoms. The summed E-state index contributed by atoms with van der Waals surface area (Å²) >= 11 is 0. The molecule has 0 aliphatic heterocycles. The van der Waals surface area contributed by atoms with Crippen LogP contribution in [0, 0.1) is 0 Å². The van der Waals surface area contributed by atoms with Gasteiger partial charge < -0.3 is 0 Å². The molecule has 0 N–H and O–H groups in total. The maximum absolute atomic E-state index is 11.9. The van der Waals surface area contributed by atoms with Gasteiger partial charge in [-0.15, -0.1) is 0 Å². The minimum atomic E-state index is -5.05. The SMILES string of the molecule is C=C(F)CC=C=C(F)C(F)(F)F. The third kappa shape index (κ3) is 4.68. The van der Waals surface area contributed by atoms with Gasteiger partial charge in [-0.2, -0.15) is 17.6 Å². The van der Waals surface area contributed by atoms with Crippen LogP contribution in [-0.4, -0.2) is 6.18 Å². The van der Waals surface area contributed by atoms with Gasteiger partial charge in [-0.05, 0) is 6.08 Å². The van der Waals surface area contributed by atoms with Crippen LogP contribution in [-0.2, 0) is 0 Å². The Labute approximate surface area is 65.7 Å². The van der Waals surface area contributed by atoms with Crippen molar-refractivity contribution >= 4 is 0 Å². The first-order valence-electron chi connectivity index (χ1n) is 2.85. The van der Waals surface area contributed by atoms with Crippen LogP contribution in [0.1, 0.15) is 6.42 Å². The van der Waals surface area contributed by atoms with Crippen molar-refractivity contribution in [2.24, 2.45) is 0 Å². The maximum Gasteiger partial charge on any atom is 0.450 e. The molecular formula is C7H5F5. The van der Waals surface area contributed by atoms with Crippen molar-refractivity contribution in [2.45, 2.75) is 12.6 Å². The summed E-state index contributed by atoms with van der Waals surface area (Å²) in [6.07, 6.45) is -4.93. The van der Waals surface area contributed by atoms with Crippen LogP contribution in [0.3, 0.4) is 0 Å². The lowest BCUT2D eigenvalue weighted by molar-refractivity contribution is -0.108. The second kappa shape index (κ2) is 4.07. The minimum absolute atomic E-state index is 0.469. The Balaban J connectivity index is 4.35. The van der Waals surface area contributed by atoms with E-state index in [9.17, 15) is 22.0 Å². The van der Waals surface area contributed by atoms with Gasteiger partial charge in [0.25, 0.3) is 0 Å². The molecule has 5 heteroatoms. The average molecular weight is 184 g/mol. The van der Waals surface area contributed by atoms with Crippen LogP contribution in [0.2, 0.25) is 0 Å². The zero-order valence-electron chi connectivity index (χ0n) is 5.88. The fraction of sp³-hybridized carbons (Fsp3) is 0.286. The highest BCUT2D eigenvalue weighted by Gasteiger charge is 2.34. The summed E-state index contributed by atoms with van der Waals surface area (Å²) in [5.41, 5.74) is 1.25. The molecule has 0 radical (unpaired) electrons. The van der Waals surface area contributed by atoms with Crippen LogP contribution >= 0.6 is 0 Å². The van der Waals surface area contributed by atoms with Gasteiger partial charge in [0.05, 0.1) is 5.83 Å². The van der Waals surface area contributed by atoms with Crippen molar-refractivity contribution < 1.29 is 22.0 Å². The van der Waals surface area contributed by atoms with E-state index in [2.05, 4.69) is 6.58 Å². The second-order valence-electron chi connectivity index (χ2n) is 1.88. The van der Waals surface area contributed by atoms with E-state index in [1.54, 1.807) is 0 Å². The van der Waals surface area contributed by atoms with Crippen LogP contribution in [0.15, 0.2) is 30.0 Å². The van der Waals surface area contributed by atoms with Crippen molar-refractivity contribution in [1.29, 1.82) is 0 Å². The van der Waals surface area contributed by atoms with E-state index in [1.807, 2.05) is 0 Å². The number of hydrogen-bond acceptors (Lipinski definition) is 0. The van der Waals surface area contributed by atoms with E-state index in [0.717, 1.165) is 0 Å². The van der Waals surface area contributed by atoms with E-state index < -0.39 is 24.3 Å². The van der Waals surface area contributed by atoms with Gasteiger partial charge in [0, 0.05) is 6.42 Å². The van der Waals surface area contributed by atoms with E-state index in [-0.39, 0.29) is 0 Å². The predicted octanol–water partition coefficient (Wildman–Crippen LogP) is 3.43. The molecule has 0 unspecified atom stereocenters. The lowest BCUT2D eigenvalue weighted by Crippen LogP contribution is -2.06.